The highest BCUT2D eigenvalue weighted by Gasteiger charge is 2.16. The molecule has 0 aliphatic carbocycles. The van der Waals surface area contributed by atoms with Crippen molar-refractivity contribution in [1.29, 1.82) is 0 Å². The van der Waals surface area contributed by atoms with Crippen molar-refractivity contribution in [2.24, 2.45) is 7.05 Å². The first kappa shape index (κ1) is 16.9. The highest BCUT2D eigenvalue weighted by molar-refractivity contribution is 7.98. The molecule has 0 aliphatic rings. The zero-order chi connectivity index (χ0) is 19.4. The van der Waals surface area contributed by atoms with Gasteiger partial charge in [-0.15, -0.1) is 15.3 Å². The van der Waals surface area contributed by atoms with E-state index in [0.29, 0.717) is 27.9 Å². The minimum atomic E-state index is -0.0892. The molecule has 5 aromatic rings. The second-order valence-corrected chi connectivity index (χ2v) is 7.51. The number of aromatic nitrogens is 8. The molecule has 9 nitrogen and oxygen atoms in total. The third kappa shape index (κ3) is 2.48. The highest BCUT2D eigenvalue weighted by Crippen LogP contribution is 2.22. The first-order valence-corrected chi connectivity index (χ1v) is 9.67. The topological polar surface area (TPSA) is 95.3 Å². The molecule has 0 atom stereocenters. The monoisotopic (exact) mass is 392 g/mol. The van der Waals surface area contributed by atoms with E-state index in [1.165, 1.54) is 16.3 Å². The van der Waals surface area contributed by atoms with Crippen LogP contribution >= 0.6 is 11.8 Å². The smallest absolute Gasteiger partial charge is 0.262 e. The Morgan fingerprint density at radius 2 is 1.93 bits per heavy atom. The van der Waals surface area contributed by atoms with Crippen LogP contribution in [0.2, 0.25) is 0 Å². The molecule has 0 unspecified atom stereocenters. The van der Waals surface area contributed by atoms with Gasteiger partial charge in [0.25, 0.3) is 11.3 Å². The van der Waals surface area contributed by atoms with Crippen LogP contribution in [-0.4, -0.2) is 38.7 Å². The predicted octanol–water partition coefficient (Wildman–Crippen LogP) is 1.93. The van der Waals surface area contributed by atoms with Gasteiger partial charge in [0.1, 0.15) is 5.82 Å². The number of hydrogen-bond donors (Lipinski definition) is 0. The summed E-state index contributed by atoms with van der Waals surface area (Å²) < 4.78 is 5.16. The van der Waals surface area contributed by atoms with E-state index in [2.05, 4.69) is 25.3 Å². The summed E-state index contributed by atoms with van der Waals surface area (Å²) in [5, 5.41) is 14.3. The summed E-state index contributed by atoms with van der Waals surface area (Å²) in [6, 6.07) is 9.44. The number of rotatable bonds is 3. The number of para-hydroxylation sites is 1. The fourth-order valence-corrected chi connectivity index (χ4v) is 4.05. The van der Waals surface area contributed by atoms with Gasteiger partial charge in [-0.3, -0.25) is 13.8 Å². The van der Waals surface area contributed by atoms with Crippen LogP contribution in [0.25, 0.3) is 22.5 Å². The minimum Gasteiger partial charge on any atom is -0.279 e. The van der Waals surface area contributed by atoms with Crippen molar-refractivity contribution in [3.05, 3.63) is 57.9 Å². The van der Waals surface area contributed by atoms with Gasteiger partial charge in [0, 0.05) is 18.4 Å². The van der Waals surface area contributed by atoms with E-state index in [0.717, 1.165) is 22.7 Å². The Morgan fingerprint density at radius 3 is 2.79 bits per heavy atom. The lowest BCUT2D eigenvalue weighted by Crippen LogP contribution is -2.20. The number of benzene rings is 1. The quantitative estimate of drug-likeness (QED) is 0.433. The zero-order valence-electron chi connectivity index (χ0n) is 15.5. The Morgan fingerprint density at radius 1 is 1.11 bits per heavy atom. The van der Waals surface area contributed by atoms with Gasteiger partial charge in [-0.25, -0.2) is 9.50 Å². The van der Waals surface area contributed by atoms with Crippen LogP contribution in [0, 0.1) is 13.8 Å². The third-order valence-corrected chi connectivity index (χ3v) is 5.46. The van der Waals surface area contributed by atoms with Gasteiger partial charge in [0.2, 0.25) is 10.9 Å². The fourth-order valence-electron chi connectivity index (χ4n) is 3.32. The van der Waals surface area contributed by atoms with Gasteiger partial charge >= 0.3 is 0 Å². The minimum absolute atomic E-state index is 0.0892. The molecule has 0 bridgehead atoms. The first-order valence-electron chi connectivity index (χ1n) is 8.68. The van der Waals surface area contributed by atoms with Gasteiger partial charge in [-0.2, -0.15) is 4.98 Å². The number of nitrogens with zero attached hydrogens (tertiary/aromatic N) is 8. The maximum absolute atomic E-state index is 12.5. The van der Waals surface area contributed by atoms with Crippen LogP contribution in [0.15, 0.2) is 40.3 Å². The van der Waals surface area contributed by atoms with Crippen molar-refractivity contribution in [3.63, 3.8) is 0 Å². The molecule has 0 amide bonds. The second kappa shape index (κ2) is 6.13. The van der Waals surface area contributed by atoms with E-state index in [4.69, 9.17) is 0 Å². The molecular weight excluding hydrogens is 376 g/mol. The summed E-state index contributed by atoms with van der Waals surface area (Å²) in [5.41, 5.74) is 2.59. The summed E-state index contributed by atoms with van der Waals surface area (Å²) in [6.45, 7) is 3.91. The molecule has 140 valence electrons. The largest absolute Gasteiger partial charge is 0.279 e. The highest BCUT2D eigenvalue weighted by atomic mass is 32.2. The Kier molecular flexibility index (Phi) is 3.69. The lowest BCUT2D eigenvalue weighted by atomic mass is 10.2. The predicted molar refractivity (Wildman–Crippen MR) is 106 cm³/mol. The first-order chi connectivity index (χ1) is 13.5. The molecule has 0 radical (unpaired) electrons. The van der Waals surface area contributed by atoms with Crippen molar-refractivity contribution in [2.75, 3.05) is 0 Å². The van der Waals surface area contributed by atoms with Crippen molar-refractivity contribution in [3.8, 4) is 0 Å². The summed E-state index contributed by atoms with van der Waals surface area (Å²) in [6.07, 6.45) is 0. The van der Waals surface area contributed by atoms with Gasteiger partial charge in [-0.05, 0) is 32.0 Å². The molecule has 4 heterocycles. The van der Waals surface area contributed by atoms with Crippen molar-refractivity contribution >= 4 is 34.2 Å². The molecule has 28 heavy (non-hydrogen) atoms. The molecule has 5 rings (SSSR count). The number of hydrogen-bond acceptors (Lipinski definition) is 7. The Bertz CT molecular complexity index is 1430. The van der Waals surface area contributed by atoms with E-state index in [9.17, 15) is 4.79 Å². The van der Waals surface area contributed by atoms with Crippen LogP contribution in [-0.2, 0) is 12.8 Å². The van der Waals surface area contributed by atoms with Gasteiger partial charge < -0.3 is 0 Å². The average molecular weight is 392 g/mol. The standard InChI is InChI=1S/C18H16N8OS/c1-10-8-11(2)26-16(19-10)20-17(23-26)28-9-14-21-22-18-24(3)15(27)12-6-4-5-7-13(12)25(14)18/h4-8H,9H2,1-3H3. The fraction of sp³-hybridized carbons (Fsp3) is 0.222. The normalized spacial score (nSPS) is 11.8. The van der Waals surface area contributed by atoms with Gasteiger partial charge in [0.05, 0.1) is 16.7 Å². The number of fused-ring (bicyclic) bond motifs is 4. The van der Waals surface area contributed by atoms with E-state index in [1.807, 2.05) is 48.6 Å². The maximum atomic E-state index is 12.5. The van der Waals surface area contributed by atoms with Crippen molar-refractivity contribution < 1.29 is 0 Å². The average Bonchev–Trinajstić information content (AvgIpc) is 3.28. The maximum Gasteiger partial charge on any atom is 0.262 e. The summed E-state index contributed by atoms with van der Waals surface area (Å²) >= 11 is 1.46. The van der Waals surface area contributed by atoms with E-state index >= 15 is 0 Å². The molecule has 10 heteroatoms. The molecule has 0 saturated carbocycles. The van der Waals surface area contributed by atoms with Crippen molar-refractivity contribution in [2.45, 2.75) is 24.8 Å². The van der Waals surface area contributed by atoms with Gasteiger partial charge in [-0.1, -0.05) is 23.9 Å². The van der Waals surface area contributed by atoms with Crippen LogP contribution in [0.1, 0.15) is 17.2 Å². The molecule has 0 N–H and O–H groups in total. The Balaban J connectivity index is 1.58. The van der Waals surface area contributed by atoms with Gasteiger partial charge in [0.15, 0.2) is 0 Å². The zero-order valence-corrected chi connectivity index (χ0v) is 16.3. The third-order valence-electron chi connectivity index (χ3n) is 4.62. The molecule has 4 aromatic heterocycles. The summed E-state index contributed by atoms with van der Waals surface area (Å²) in [7, 11) is 1.70. The molecule has 0 aliphatic heterocycles. The SMILES string of the molecule is Cc1cc(C)n2nc(SCc3nnc4n(C)c(=O)c5ccccc5n34)nc2n1. The van der Waals surface area contributed by atoms with E-state index in [-0.39, 0.29) is 5.56 Å². The van der Waals surface area contributed by atoms with Crippen LogP contribution < -0.4 is 5.56 Å². The summed E-state index contributed by atoms with van der Waals surface area (Å²) in [5.74, 6) is 2.33. The molecule has 0 saturated heterocycles. The van der Waals surface area contributed by atoms with Crippen LogP contribution in [0.4, 0.5) is 0 Å². The lowest BCUT2D eigenvalue weighted by Gasteiger charge is -2.07. The number of aryl methyl sites for hydroxylation is 3. The molecular formula is C18H16N8OS. The van der Waals surface area contributed by atoms with E-state index in [1.54, 1.807) is 11.6 Å². The summed E-state index contributed by atoms with van der Waals surface area (Å²) in [4.78, 5) is 21.5. The van der Waals surface area contributed by atoms with Crippen LogP contribution in [0.3, 0.4) is 0 Å². The number of thioether (sulfide) groups is 1. The lowest BCUT2D eigenvalue weighted by molar-refractivity contribution is 0.842. The van der Waals surface area contributed by atoms with E-state index < -0.39 is 0 Å². The van der Waals surface area contributed by atoms with Crippen molar-refractivity contribution in [1.82, 2.24) is 38.7 Å². The van der Waals surface area contributed by atoms with Crippen LogP contribution in [0.5, 0.6) is 0 Å². The molecule has 0 spiro atoms. The molecule has 0 fully saturated rings. The Labute approximate surface area is 163 Å². The second-order valence-electron chi connectivity index (χ2n) is 6.57. The Hall–Kier alpha value is -3.27. The molecule has 1 aromatic carbocycles.